The highest BCUT2D eigenvalue weighted by Crippen LogP contribution is 2.50. The van der Waals surface area contributed by atoms with Crippen molar-refractivity contribution in [2.75, 3.05) is 18.1 Å². The summed E-state index contributed by atoms with van der Waals surface area (Å²) < 4.78 is 83.4. The molecule has 1 aliphatic rings. The molecule has 2 rings (SSSR count). The van der Waals surface area contributed by atoms with Gasteiger partial charge in [0.15, 0.2) is 0 Å². The summed E-state index contributed by atoms with van der Waals surface area (Å²) in [7, 11) is 0. The molecule has 1 heterocycles. The summed E-state index contributed by atoms with van der Waals surface area (Å²) in [5.41, 5.74) is -6.27. The fourth-order valence-corrected chi connectivity index (χ4v) is 2.68. The molecule has 0 fully saturated rings. The molecule has 10 heteroatoms. The molecule has 0 radical (unpaired) electrons. The number of anilines is 1. The second-order valence-electron chi connectivity index (χ2n) is 6.25. The van der Waals surface area contributed by atoms with Crippen LogP contribution in [0, 0.1) is 5.92 Å². The average Bonchev–Trinajstić information content (AvgIpc) is 2.72. The molecule has 1 amide bonds. The molecule has 1 aromatic rings. The first-order valence-corrected chi connectivity index (χ1v) is 7.69. The highest BCUT2D eigenvalue weighted by molar-refractivity contribution is 5.95. The topological polar surface area (TPSA) is 49.8 Å². The molecule has 1 aromatic carbocycles. The number of halogens is 6. The van der Waals surface area contributed by atoms with Gasteiger partial charge in [0.2, 0.25) is 5.91 Å². The molecular weight excluding hydrogens is 368 g/mol. The minimum atomic E-state index is -5.97. The van der Waals surface area contributed by atoms with Crippen LogP contribution in [0.15, 0.2) is 18.2 Å². The quantitative estimate of drug-likeness (QED) is 0.793. The van der Waals surface area contributed by atoms with Gasteiger partial charge in [-0.25, -0.2) is 0 Å². The van der Waals surface area contributed by atoms with Crippen molar-refractivity contribution in [1.29, 1.82) is 0 Å². The summed E-state index contributed by atoms with van der Waals surface area (Å²) >= 11 is 0. The Morgan fingerprint density at radius 2 is 1.73 bits per heavy atom. The zero-order valence-electron chi connectivity index (χ0n) is 13.9. The third-order valence-electron chi connectivity index (χ3n) is 4.09. The fourth-order valence-electron chi connectivity index (χ4n) is 2.68. The summed E-state index contributed by atoms with van der Waals surface area (Å²) in [5, 5.41) is 9.52. The molecule has 1 aliphatic heterocycles. The van der Waals surface area contributed by atoms with Crippen LogP contribution in [0.4, 0.5) is 32.0 Å². The maximum atomic E-state index is 13.0. The van der Waals surface area contributed by atoms with Gasteiger partial charge < -0.3 is 14.7 Å². The molecule has 0 atom stereocenters. The van der Waals surface area contributed by atoms with E-state index in [0.29, 0.717) is 12.1 Å². The summed E-state index contributed by atoms with van der Waals surface area (Å²) in [4.78, 5) is 13.5. The van der Waals surface area contributed by atoms with E-state index in [0.717, 1.165) is 6.07 Å². The van der Waals surface area contributed by atoms with Gasteiger partial charge in [0, 0.05) is 29.3 Å². The van der Waals surface area contributed by atoms with E-state index in [1.54, 1.807) is 13.8 Å². The maximum Gasteiger partial charge on any atom is 0.430 e. The fraction of sp³-hybridized carbons (Fsp3) is 0.562. The Morgan fingerprint density at radius 1 is 1.15 bits per heavy atom. The van der Waals surface area contributed by atoms with Crippen molar-refractivity contribution in [3.63, 3.8) is 0 Å². The Balaban J connectivity index is 2.60. The number of nitrogens with zero attached hydrogens (tertiary/aromatic N) is 1. The van der Waals surface area contributed by atoms with E-state index in [1.165, 1.54) is 4.90 Å². The third kappa shape index (κ3) is 3.39. The van der Waals surface area contributed by atoms with Crippen LogP contribution in [0.3, 0.4) is 0 Å². The molecule has 0 spiro atoms. The zero-order valence-corrected chi connectivity index (χ0v) is 13.9. The first kappa shape index (κ1) is 20.5. The third-order valence-corrected chi connectivity index (χ3v) is 4.09. The molecular formula is C16H17F6NO3. The van der Waals surface area contributed by atoms with E-state index < -0.39 is 29.4 Å². The van der Waals surface area contributed by atoms with Gasteiger partial charge in [-0.3, -0.25) is 4.79 Å². The van der Waals surface area contributed by atoms with E-state index in [2.05, 4.69) is 0 Å². The van der Waals surface area contributed by atoms with Gasteiger partial charge in [0.25, 0.3) is 5.60 Å². The summed E-state index contributed by atoms with van der Waals surface area (Å²) in [6.07, 6.45) is -11.9. The second kappa shape index (κ2) is 6.73. The molecule has 146 valence electrons. The standard InChI is InChI=1S/C16H17F6NO3/c1-9(2)13(24)23-5-6-26-8-10-7-11(3-4-12(10)23)14(25,15(17,18)19)16(20,21)22/h3-4,7,9,25H,5-6,8H2,1-2H3. The molecule has 0 bridgehead atoms. The van der Waals surface area contributed by atoms with Gasteiger partial charge >= 0.3 is 12.4 Å². The zero-order chi connectivity index (χ0) is 19.9. The number of ether oxygens (including phenoxy) is 1. The molecule has 0 aliphatic carbocycles. The lowest BCUT2D eigenvalue weighted by atomic mass is 9.90. The van der Waals surface area contributed by atoms with E-state index in [9.17, 15) is 36.2 Å². The molecule has 0 unspecified atom stereocenters. The van der Waals surface area contributed by atoms with Crippen LogP contribution in [0.5, 0.6) is 0 Å². The number of rotatable bonds is 2. The number of alkyl halides is 6. The second-order valence-corrected chi connectivity index (χ2v) is 6.25. The smallest absolute Gasteiger partial charge is 0.375 e. The number of benzene rings is 1. The van der Waals surface area contributed by atoms with Crippen molar-refractivity contribution < 1.29 is 41.0 Å². The first-order valence-electron chi connectivity index (χ1n) is 7.69. The maximum absolute atomic E-state index is 13.0. The van der Waals surface area contributed by atoms with Crippen molar-refractivity contribution in [1.82, 2.24) is 0 Å². The average molecular weight is 385 g/mol. The summed E-state index contributed by atoms with van der Waals surface area (Å²) in [5.74, 6) is -0.769. The van der Waals surface area contributed by atoms with E-state index >= 15 is 0 Å². The van der Waals surface area contributed by atoms with Crippen LogP contribution >= 0.6 is 0 Å². The van der Waals surface area contributed by atoms with Gasteiger partial charge in [-0.1, -0.05) is 19.9 Å². The van der Waals surface area contributed by atoms with Crippen LogP contribution in [-0.2, 0) is 21.7 Å². The highest BCUT2D eigenvalue weighted by atomic mass is 19.4. The Labute approximate surface area is 145 Å². The number of carbonyl (C=O) groups is 1. The van der Waals surface area contributed by atoms with Crippen molar-refractivity contribution in [3.05, 3.63) is 29.3 Å². The van der Waals surface area contributed by atoms with Crippen molar-refractivity contribution in [2.45, 2.75) is 38.4 Å². The first-order chi connectivity index (χ1) is 11.8. The Bertz CT molecular complexity index is 670. The lowest BCUT2D eigenvalue weighted by Crippen LogP contribution is -2.54. The lowest BCUT2D eigenvalue weighted by molar-refractivity contribution is -0.376. The van der Waals surface area contributed by atoms with E-state index in [-0.39, 0.29) is 36.9 Å². The predicted molar refractivity (Wildman–Crippen MR) is 79.3 cm³/mol. The number of amides is 1. The van der Waals surface area contributed by atoms with E-state index in [4.69, 9.17) is 4.74 Å². The number of fused-ring (bicyclic) bond motifs is 1. The molecule has 0 saturated carbocycles. The summed E-state index contributed by atoms with van der Waals surface area (Å²) in [6, 6.07) is 2.09. The van der Waals surface area contributed by atoms with Crippen molar-refractivity contribution >= 4 is 11.6 Å². The van der Waals surface area contributed by atoms with Crippen molar-refractivity contribution in [2.24, 2.45) is 5.92 Å². The highest BCUT2D eigenvalue weighted by Gasteiger charge is 2.71. The molecule has 26 heavy (non-hydrogen) atoms. The minimum absolute atomic E-state index is 0.0408. The lowest BCUT2D eigenvalue weighted by Gasteiger charge is -2.33. The van der Waals surface area contributed by atoms with Gasteiger partial charge in [-0.15, -0.1) is 0 Å². The number of hydrogen-bond acceptors (Lipinski definition) is 3. The van der Waals surface area contributed by atoms with Crippen LogP contribution in [0.1, 0.15) is 25.0 Å². The molecule has 0 aromatic heterocycles. The predicted octanol–water partition coefficient (Wildman–Crippen LogP) is 3.52. The van der Waals surface area contributed by atoms with Gasteiger partial charge in [0.1, 0.15) is 0 Å². The SMILES string of the molecule is CC(C)C(=O)N1CCOCc2cc(C(O)(C(F)(F)F)C(F)(F)F)ccc21. The monoisotopic (exact) mass is 385 g/mol. The van der Waals surface area contributed by atoms with Gasteiger partial charge in [0.05, 0.1) is 13.2 Å². The van der Waals surface area contributed by atoms with Crippen molar-refractivity contribution in [3.8, 4) is 0 Å². The van der Waals surface area contributed by atoms with Crippen LogP contribution in [0.25, 0.3) is 0 Å². The number of aliphatic hydroxyl groups is 1. The van der Waals surface area contributed by atoms with Gasteiger partial charge in [-0.05, 0) is 12.1 Å². The largest absolute Gasteiger partial charge is 0.430 e. The molecule has 0 saturated heterocycles. The van der Waals surface area contributed by atoms with E-state index in [1.807, 2.05) is 0 Å². The Morgan fingerprint density at radius 3 is 2.23 bits per heavy atom. The molecule has 4 nitrogen and oxygen atoms in total. The number of carbonyl (C=O) groups excluding carboxylic acids is 1. The summed E-state index contributed by atoms with van der Waals surface area (Å²) in [6.45, 7) is 3.15. The van der Waals surface area contributed by atoms with Crippen LogP contribution in [-0.4, -0.2) is 36.5 Å². The van der Waals surface area contributed by atoms with Crippen LogP contribution in [0.2, 0.25) is 0 Å². The van der Waals surface area contributed by atoms with Crippen LogP contribution < -0.4 is 4.90 Å². The normalized spacial score (nSPS) is 16.5. The Hall–Kier alpha value is -1.81. The minimum Gasteiger partial charge on any atom is -0.375 e. The molecule has 1 N–H and O–H groups in total. The number of hydrogen-bond donors (Lipinski definition) is 1. The Kier molecular flexibility index (Phi) is 5.31. The van der Waals surface area contributed by atoms with Gasteiger partial charge in [-0.2, -0.15) is 26.3 Å².